The van der Waals surface area contributed by atoms with Crippen molar-refractivity contribution in [3.05, 3.63) is 29.8 Å². The lowest BCUT2D eigenvalue weighted by atomic mass is 10.1. The minimum atomic E-state index is -0.267. The van der Waals surface area contributed by atoms with Gasteiger partial charge in [-0.2, -0.15) is 0 Å². The molecule has 0 aliphatic rings. The van der Waals surface area contributed by atoms with Crippen LogP contribution in [0.3, 0.4) is 0 Å². The topological polar surface area (TPSA) is 50.4 Å². The number of ether oxygens (including phenoxy) is 1. The summed E-state index contributed by atoms with van der Waals surface area (Å²) in [7, 11) is 0. The first kappa shape index (κ1) is 14.4. The van der Waals surface area contributed by atoms with Gasteiger partial charge in [0.25, 0.3) is 5.91 Å². The van der Waals surface area contributed by atoms with Crippen LogP contribution in [0.2, 0.25) is 0 Å². The van der Waals surface area contributed by atoms with E-state index in [0.29, 0.717) is 10.7 Å². The zero-order valence-corrected chi connectivity index (χ0v) is 11.5. The number of hydrogen-bond acceptors (Lipinski definition) is 3. The highest BCUT2D eigenvalue weighted by Gasteiger charge is 2.02. The van der Waals surface area contributed by atoms with Crippen molar-refractivity contribution < 1.29 is 9.53 Å². The van der Waals surface area contributed by atoms with Crippen molar-refractivity contribution in [1.29, 1.82) is 0 Å². The van der Waals surface area contributed by atoms with E-state index in [-0.39, 0.29) is 12.5 Å². The molecule has 1 amide bonds. The maximum absolute atomic E-state index is 11.3. The van der Waals surface area contributed by atoms with Crippen LogP contribution in [0.4, 0.5) is 0 Å². The number of amides is 1. The monoisotopic (exact) mass is 266 g/mol. The molecule has 0 atom stereocenters. The average Bonchev–Trinajstić information content (AvgIpc) is 2.36. The van der Waals surface area contributed by atoms with Crippen LogP contribution >= 0.6 is 12.2 Å². The highest BCUT2D eigenvalue weighted by Crippen LogP contribution is 2.13. The number of carbonyl (C=O) groups excluding carboxylic acids is 1. The molecule has 1 aromatic carbocycles. The Morgan fingerprint density at radius 2 is 1.94 bits per heavy atom. The molecule has 0 spiro atoms. The molecular weight excluding hydrogens is 248 g/mol. The van der Waals surface area contributed by atoms with E-state index in [0.717, 1.165) is 12.8 Å². The maximum Gasteiger partial charge on any atom is 0.276 e. The molecule has 0 saturated heterocycles. The first-order valence-corrected chi connectivity index (χ1v) is 6.29. The van der Waals surface area contributed by atoms with Crippen molar-refractivity contribution in [3.8, 4) is 5.75 Å². The molecular formula is C13H18N2O2S. The SMILES string of the molecule is CCCc1ccc(OCC(=O)NNC(C)=S)cc1. The molecule has 0 radical (unpaired) electrons. The van der Waals surface area contributed by atoms with Gasteiger partial charge in [0.1, 0.15) is 5.75 Å². The summed E-state index contributed by atoms with van der Waals surface area (Å²) >= 11 is 4.76. The summed E-state index contributed by atoms with van der Waals surface area (Å²) in [5.74, 6) is 0.418. The Morgan fingerprint density at radius 1 is 1.28 bits per heavy atom. The molecule has 2 N–H and O–H groups in total. The van der Waals surface area contributed by atoms with E-state index in [1.165, 1.54) is 5.56 Å². The number of carbonyl (C=O) groups is 1. The van der Waals surface area contributed by atoms with Crippen LogP contribution in [0.15, 0.2) is 24.3 Å². The third kappa shape index (κ3) is 5.63. The second-order valence-electron chi connectivity index (χ2n) is 3.91. The molecule has 1 aromatic rings. The second-order valence-corrected chi connectivity index (χ2v) is 4.52. The van der Waals surface area contributed by atoms with Crippen LogP contribution in [-0.4, -0.2) is 17.5 Å². The predicted molar refractivity (Wildman–Crippen MR) is 75.5 cm³/mol. The highest BCUT2D eigenvalue weighted by atomic mass is 32.1. The van der Waals surface area contributed by atoms with E-state index in [1.54, 1.807) is 6.92 Å². The van der Waals surface area contributed by atoms with Gasteiger partial charge in [0.2, 0.25) is 0 Å². The van der Waals surface area contributed by atoms with Crippen LogP contribution in [-0.2, 0) is 11.2 Å². The maximum atomic E-state index is 11.3. The molecule has 1 rings (SSSR count). The van der Waals surface area contributed by atoms with Crippen LogP contribution in [0.1, 0.15) is 25.8 Å². The summed E-state index contributed by atoms with van der Waals surface area (Å²) in [5.41, 5.74) is 6.26. The molecule has 0 bridgehead atoms. The third-order valence-electron chi connectivity index (χ3n) is 2.21. The smallest absolute Gasteiger partial charge is 0.276 e. The number of hydrogen-bond donors (Lipinski definition) is 2. The van der Waals surface area contributed by atoms with E-state index in [4.69, 9.17) is 17.0 Å². The van der Waals surface area contributed by atoms with Gasteiger partial charge in [0.15, 0.2) is 6.61 Å². The van der Waals surface area contributed by atoms with Crippen LogP contribution in [0.25, 0.3) is 0 Å². The van der Waals surface area contributed by atoms with E-state index in [9.17, 15) is 4.79 Å². The molecule has 0 aliphatic heterocycles. The predicted octanol–water partition coefficient (Wildman–Crippen LogP) is 1.99. The van der Waals surface area contributed by atoms with Crippen molar-refractivity contribution in [2.75, 3.05) is 6.61 Å². The lowest BCUT2D eigenvalue weighted by molar-refractivity contribution is -0.123. The molecule has 0 aromatic heterocycles. The fraction of sp³-hybridized carbons (Fsp3) is 0.385. The van der Waals surface area contributed by atoms with Crippen molar-refractivity contribution in [3.63, 3.8) is 0 Å². The van der Waals surface area contributed by atoms with Gasteiger partial charge < -0.3 is 4.74 Å². The molecule has 0 fully saturated rings. The van der Waals surface area contributed by atoms with Gasteiger partial charge in [-0.15, -0.1) is 0 Å². The molecule has 18 heavy (non-hydrogen) atoms. The minimum Gasteiger partial charge on any atom is -0.484 e. The number of hydrazine groups is 1. The fourth-order valence-electron chi connectivity index (χ4n) is 1.38. The largest absolute Gasteiger partial charge is 0.484 e. The lowest BCUT2D eigenvalue weighted by Gasteiger charge is -2.08. The van der Waals surface area contributed by atoms with E-state index in [1.807, 2.05) is 24.3 Å². The van der Waals surface area contributed by atoms with Crippen LogP contribution in [0, 0.1) is 0 Å². The fourth-order valence-corrected chi connectivity index (χ4v) is 1.43. The Kier molecular flexibility index (Phi) is 6.14. The summed E-state index contributed by atoms with van der Waals surface area (Å²) in [6.07, 6.45) is 2.17. The number of rotatable bonds is 5. The zero-order valence-electron chi connectivity index (χ0n) is 10.7. The normalized spacial score (nSPS) is 9.67. The third-order valence-corrected chi connectivity index (χ3v) is 2.31. The zero-order chi connectivity index (χ0) is 13.4. The minimum absolute atomic E-state index is 0.0390. The van der Waals surface area contributed by atoms with E-state index >= 15 is 0 Å². The Morgan fingerprint density at radius 3 is 2.50 bits per heavy atom. The molecule has 98 valence electrons. The summed E-state index contributed by atoms with van der Waals surface area (Å²) in [4.78, 5) is 11.8. The highest BCUT2D eigenvalue weighted by molar-refractivity contribution is 7.80. The lowest BCUT2D eigenvalue weighted by Crippen LogP contribution is -2.42. The number of aryl methyl sites for hydroxylation is 1. The second kappa shape index (κ2) is 7.66. The number of benzene rings is 1. The van der Waals surface area contributed by atoms with Gasteiger partial charge >= 0.3 is 0 Å². The molecule has 4 nitrogen and oxygen atoms in total. The Bertz CT molecular complexity index is 404. The molecule has 5 heteroatoms. The van der Waals surface area contributed by atoms with Crippen molar-refractivity contribution in [2.45, 2.75) is 26.7 Å². The van der Waals surface area contributed by atoms with Crippen LogP contribution < -0.4 is 15.6 Å². The Labute approximate surface area is 113 Å². The average molecular weight is 266 g/mol. The standard InChI is InChI=1S/C13H18N2O2S/c1-3-4-11-5-7-12(8-6-11)17-9-13(16)15-14-10(2)18/h5-8H,3-4,9H2,1-2H3,(H,14,18)(H,15,16). The molecule has 0 saturated carbocycles. The van der Waals surface area contributed by atoms with Gasteiger partial charge in [0.05, 0.1) is 4.99 Å². The van der Waals surface area contributed by atoms with Crippen molar-refractivity contribution in [2.24, 2.45) is 0 Å². The van der Waals surface area contributed by atoms with Gasteiger partial charge in [-0.25, -0.2) is 0 Å². The Balaban J connectivity index is 2.34. The van der Waals surface area contributed by atoms with Gasteiger partial charge in [-0.3, -0.25) is 15.6 Å². The first-order chi connectivity index (χ1) is 8.61. The van der Waals surface area contributed by atoms with Gasteiger partial charge in [-0.1, -0.05) is 37.7 Å². The summed E-state index contributed by atoms with van der Waals surface area (Å²) in [6.45, 7) is 3.78. The quantitative estimate of drug-likeness (QED) is 0.632. The summed E-state index contributed by atoms with van der Waals surface area (Å²) in [6, 6.07) is 7.76. The van der Waals surface area contributed by atoms with Crippen molar-refractivity contribution >= 4 is 23.1 Å². The van der Waals surface area contributed by atoms with E-state index < -0.39 is 0 Å². The molecule has 0 unspecified atom stereocenters. The van der Waals surface area contributed by atoms with Gasteiger partial charge in [-0.05, 0) is 31.0 Å². The molecule has 0 aliphatic carbocycles. The first-order valence-electron chi connectivity index (χ1n) is 5.89. The Hall–Kier alpha value is -1.62. The summed E-state index contributed by atoms with van der Waals surface area (Å²) < 4.78 is 5.34. The summed E-state index contributed by atoms with van der Waals surface area (Å²) in [5, 5.41) is 0. The van der Waals surface area contributed by atoms with E-state index in [2.05, 4.69) is 17.8 Å². The number of nitrogens with one attached hydrogen (secondary N) is 2. The number of thiocarbonyl (C=S) groups is 1. The van der Waals surface area contributed by atoms with Crippen molar-refractivity contribution in [1.82, 2.24) is 10.9 Å². The molecule has 0 heterocycles. The van der Waals surface area contributed by atoms with Gasteiger partial charge in [0, 0.05) is 0 Å². The van der Waals surface area contributed by atoms with Crippen LogP contribution in [0.5, 0.6) is 5.75 Å².